The van der Waals surface area contributed by atoms with Crippen LogP contribution in [0.15, 0.2) is 47.6 Å². The lowest BCUT2D eigenvalue weighted by molar-refractivity contribution is -0.384. The molecule has 1 saturated heterocycles. The third kappa shape index (κ3) is 5.30. The smallest absolute Gasteiger partial charge is 0.269 e. The summed E-state index contributed by atoms with van der Waals surface area (Å²) in [7, 11) is 0. The quantitative estimate of drug-likeness (QED) is 0.433. The Balaban J connectivity index is 1.90. The van der Waals surface area contributed by atoms with Crippen molar-refractivity contribution in [3.05, 3.63) is 63.2 Å². The van der Waals surface area contributed by atoms with E-state index in [4.69, 9.17) is 9.47 Å². The van der Waals surface area contributed by atoms with Crippen LogP contribution in [0.1, 0.15) is 45.3 Å². The highest BCUT2D eigenvalue weighted by atomic mass is 16.7. The Morgan fingerprint density at radius 1 is 1.30 bits per heavy atom. The van der Waals surface area contributed by atoms with Gasteiger partial charge >= 0.3 is 0 Å². The Labute approximate surface area is 136 Å². The third-order valence-corrected chi connectivity index (χ3v) is 3.70. The van der Waals surface area contributed by atoms with Crippen LogP contribution in [-0.2, 0) is 9.47 Å². The first-order valence-corrected chi connectivity index (χ1v) is 7.78. The number of hydrogen-bond donors (Lipinski definition) is 0. The first-order chi connectivity index (χ1) is 11.0. The van der Waals surface area contributed by atoms with Gasteiger partial charge in [0.25, 0.3) is 5.69 Å². The summed E-state index contributed by atoms with van der Waals surface area (Å²) in [6.45, 7) is 6.72. The van der Waals surface area contributed by atoms with Gasteiger partial charge in [0.2, 0.25) is 0 Å². The zero-order chi connectivity index (χ0) is 16.8. The van der Waals surface area contributed by atoms with Gasteiger partial charge in [0.05, 0.1) is 11.5 Å². The third-order valence-electron chi connectivity index (χ3n) is 3.70. The number of nitro benzene ring substituents is 1. The average Bonchev–Trinajstić information content (AvgIpc) is 2.95. The van der Waals surface area contributed by atoms with Crippen LogP contribution in [0, 0.1) is 10.1 Å². The number of non-ortho nitro benzene ring substituents is 1. The Hall–Kier alpha value is -1.98. The Morgan fingerprint density at radius 2 is 2.00 bits per heavy atom. The van der Waals surface area contributed by atoms with Crippen molar-refractivity contribution in [2.75, 3.05) is 6.61 Å². The first-order valence-electron chi connectivity index (χ1n) is 7.78. The summed E-state index contributed by atoms with van der Waals surface area (Å²) in [5.41, 5.74) is 3.54. The van der Waals surface area contributed by atoms with Crippen molar-refractivity contribution in [3.8, 4) is 0 Å². The maximum absolute atomic E-state index is 10.7. The fourth-order valence-corrected chi connectivity index (χ4v) is 2.40. The van der Waals surface area contributed by atoms with Gasteiger partial charge in [-0.1, -0.05) is 17.2 Å². The van der Waals surface area contributed by atoms with Crippen LogP contribution < -0.4 is 0 Å². The number of ether oxygens (including phenoxy) is 2. The standard InChI is InChI=1S/C18H23NO4/c1-13(2)5-4-6-14(3)11-18-22-12-17(23-18)15-7-9-16(10-8-15)19(20)21/h5,7-11,17-18H,4,6,12H2,1-3H3/b14-11+. The van der Waals surface area contributed by atoms with Crippen LogP contribution in [0.5, 0.6) is 0 Å². The highest BCUT2D eigenvalue weighted by Crippen LogP contribution is 2.29. The second kappa shape index (κ2) is 8.04. The van der Waals surface area contributed by atoms with Crippen molar-refractivity contribution in [1.82, 2.24) is 0 Å². The Morgan fingerprint density at radius 3 is 2.61 bits per heavy atom. The van der Waals surface area contributed by atoms with Gasteiger partial charge in [-0.15, -0.1) is 0 Å². The highest BCUT2D eigenvalue weighted by Gasteiger charge is 2.26. The maximum Gasteiger partial charge on any atom is 0.269 e. The molecule has 1 aromatic rings. The zero-order valence-electron chi connectivity index (χ0n) is 13.8. The summed E-state index contributed by atoms with van der Waals surface area (Å²) in [5.74, 6) is 0. The predicted molar refractivity (Wildman–Crippen MR) is 89.1 cm³/mol. The van der Waals surface area contributed by atoms with E-state index in [-0.39, 0.29) is 18.1 Å². The number of hydrogen-bond acceptors (Lipinski definition) is 4. The van der Waals surface area contributed by atoms with E-state index in [1.165, 1.54) is 23.3 Å². The Bertz CT molecular complexity index is 600. The summed E-state index contributed by atoms with van der Waals surface area (Å²) in [6.07, 6.45) is 5.70. The molecule has 0 amide bonds. The molecule has 2 unspecified atom stereocenters. The van der Waals surface area contributed by atoms with Gasteiger partial charge in [-0.25, -0.2) is 0 Å². The van der Waals surface area contributed by atoms with Crippen LogP contribution in [0.25, 0.3) is 0 Å². The fourth-order valence-electron chi connectivity index (χ4n) is 2.40. The molecule has 0 N–H and O–H groups in total. The maximum atomic E-state index is 10.7. The summed E-state index contributed by atoms with van der Waals surface area (Å²) in [6, 6.07) is 6.43. The molecule has 1 heterocycles. The minimum absolute atomic E-state index is 0.0826. The zero-order valence-corrected chi connectivity index (χ0v) is 13.8. The molecule has 0 aliphatic carbocycles. The molecular formula is C18H23NO4. The van der Waals surface area contributed by atoms with Crippen LogP contribution in [0.2, 0.25) is 0 Å². The SMILES string of the molecule is CC(C)=CCC/C(C)=C/C1OCC(c2ccc([N+](=O)[O-])cc2)O1. The van der Waals surface area contributed by atoms with Crippen molar-refractivity contribution >= 4 is 5.69 Å². The predicted octanol–water partition coefficient (Wildman–Crippen LogP) is 4.70. The monoisotopic (exact) mass is 317 g/mol. The molecular weight excluding hydrogens is 294 g/mol. The second-order valence-corrected chi connectivity index (χ2v) is 6.01. The molecule has 23 heavy (non-hydrogen) atoms. The average molecular weight is 317 g/mol. The lowest BCUT2D eigenvalue weighted by Gasteiger charge is -2.10. The molecule has 2 rings (SSSR count). The molecule has 1 fully saturated rings. The summed E-state index contributed by atoms with van der Waals surface area (Å²) in [5, 5.41) is 10.7. The van der Waals surface area contributed by atoms with Crippen LogP contribution in [0.4, 0.5) is 5.69 Å². The minimum Gasteiger partial charge on any atom is -0.346 e. The molecule has 5 heteroatoms. The van der Waals surface area contributed by atoms with E-state index in [0.717, 1.165) is 18.4 Å². The van der Waals surface area contributed by atoms with Gasteiger partial charge in [-0.05, 0) is 57.4 Å². The molecule has 0 saturated carbocycles. The van der Waals surface area contributed by atoms with E-state index in [1.807, 2.05) is 6.08 Å². The minimum atomic E-state index is -0.406. The van der Waals surface area contributed by atoms with Crippen LogP contribution in [0.3, 0.4) is 0 Å². The van der Waals surface area contributed by atoms with Crippen molar-refractivity contribution in [1.29, 1.82) is 0 Å². The molecule has 0 aromatic heterocycles. The van der Waals surface area contributed by atoms with E-state index in [9.17, 15) is 10.1 Å². The molecule has 0 bridgehead atoms. The first kappa shape index (κ1) is 17.4. The Kier molecular flexibility index (Phi) is 6.07. The highest BCUT2D eigenvalue weighted by molar-refractivity contribution is 5.34. The van der Waals surface area contributed by atoms with Gasteiger partial charge in [0.15, 0.2) is 6.29 Å². The molecule has 5 nitrogen and oxygen atoms in total. The number of benzene rings is 1. The topological polar surface area (TPSA) is 61.6 Å². The lowest BCUT2D eigenvalue weighted by Crippen LogP contribution is -2.05. The molecule has 1 aliphatic rings. The van der Waals surface area contributed by atoms with Gasteiger partial charge in [0, 0.05) is 12.1 Å². The van der Waals surface area contributed by atoms with Crippen LogP contribution in [-0.4, -0.2) is 17.8 Å². The molecule has 2 atom stereocenters. The van der Waals surface area contributed by atoms with E-state index >= 15 is 0 Å². The summed E-state index contributed by atoms with van der Waals surface area (Å²) >= 11 is 0. The molecule has 1 aliphatic heterocycles. The van der Waals surface area contributed by atoms with Gasteiger partial charge in [0.1, 0.15) is 6.10 Å². The second-order valence-electron chi connectivity index (χ2n) is 6.01. The normalized spacial score (nSPS) is 21.3. The van der Waals surface area contributed by atoms with E-state index in [0.29, 0.717) is 6.61 Å². The molecule has 1 aromatic carbocycles. The number of rotatable bonds is 6. The van der Waals surface area contributed by atoms with Gasteiger partial charge in [-0.3, -0.25) is 10.1 Å². The van der Waals surface area contributed by atoms with E-state index < -0.39 is 4.92 Å². The van der Waals surface area contributed by atoms with E-state index in [2.05, 4.69) is 26.8 Å². The van der Waals surface area contributed by atoms with Crippen molar-refractivity contribution in [2.24, 2.45) is 0 Å². The van der Waals surface area contributed by atoms with E-state index in [1.54, 1.807) is 12.1 Å². The van der Waals surface area contributed by atoms with Gasteiger partial charge in [-0.2, -0.15) is 0 Å². The van der Waals surface area contributed by atoms with Gasteiger partial charge < -0.3 is 9.47 Å². The van der Waals surface area contributed by atoms with Crippen molar-refractivity contribution in [3.63, 3.8) is 0 Å². The summed E-state index contributed by atoms with van der Waals surface area (Å²) < 4.78 is 11.5. The summed E-state index contributed by atoms with van der Waals surface area (Å²) in [4.78, 5) is 10.3. The van der Waals surface area contributed by atoms with Crippen molar-refractivity contribution < 1.29 is 14.4 Å². The fraction of sp³-hybridized carbons (Fsp3) is 0.444. The molecule has 0 radical (unpaired) electrons. The largest absolute Gasteiger partial charge is 0.346 e. The van der Waals surface area contributed by atoms with Crippen LogP contribution >= 0.6 is 0 Å². The lowest BCUT2D eigenvalue weighted by atomic mass is 10.1. The number of nitrogens with zero attached hydrogens (tertiary/aromatic N) is 1. The van der Waals surface area contributed by atoms with Crippen molar-refractivity contribution in [2.45, 2.75) is 46.0 Å². The molecule has 0 spiro atoms. The number of nitro groups is 1. The molecule has 124 valence electrons. The number of allylic oxidation sites excluding steroid dienone is 3.